The summed E-state index contributed by atoms with van der Waals surface area (Å²) >= 11 is 0. The summed E-state index contributed by atoms with van der Waals surface area (Å²) in [4.78, 5) is 0. The van der Waals surface area contributed by atoms with Crippen molar-refractivity contribution >= 4 is 0 Å². The largest absolute Gasteiger partial charge is 0.393 e. The number of aliphatic hydroxyl groups is 1. The highest BCUT2D eigenvalue weighted by Crippen LogP contribution is 2.09. The fourth-order valence-corrected chi connectivity index (χ4v) is 1.28. The number of alkyl halides is 1. The molecule has 0 saturated carbocycles. The van der Waals surface area contributed by atoms with Gasteiger partial charge >= 0.3 is 0 Å². The van der Waals surface area contributed by atoms with Gasteiger partial charge in [0.2, 0.25) is 0 Å². The molecule has 0 fully saturated rings. The summed E-state index contributed by atoms with van der Waals surface area (Å²) in [6.45, 7) is 3.33. The van der Waals surface area contributed by atoms with Crippen molar-refractivity contribution in [1.82, 2.24) is 0 Å². The van der Waals surface area contributed by atoms with E-state index >= 15 is 0 Å². The van der Waals surface area contributed by atoms with E-state index in [-0.39, 0.29) is 6.61 Å². The van der Waals surface area contributed by atoms with Crippen LogP contribution in [0.25, 0.3) is 0 Å². The Kier molecular flexibility index (Phi) is 9.44. The summed E-state index contributed by atoms with van der Waals surface area (Å²) in [5.74, 6) is 0. The molecule has 1 atom stereocenters. The van der Waals surface area contributed by atoms with Crippen LogP contribution >= 0.6 is 0 Å². The molecular weight excluding hydrogens is 167 g/mol. The number of hydrogen-bond acceptors (Lipinski definition) is 1. The zero-order valence-corrected chi connectivity index (χ0v) is 8.34. The molecule has 0 aliphatic heterocycles. The molecule has 0 aromatic rings. The van der Waals surface area contributed by atoms with E-state index in [9.17, 15) is 4.39 Å². The van der Waals surface area contributed by atoms with Crippen molar-refractivity contribution in [3.05, 3.63) is 12.7 Å². The molecule has 78 valence electrons. The predicted molar refractivity (Wildman–Crippen MR) is 54.5 cm³/mol. The van der Waals surface area contributed by atoms with Gasteiger partial charge in [-0.25, -0.2) is 4.39 Å². The van der Waals surface area contributed by atoms with Crippen LogP contribution in [-0.4, -0.2) is 17.9 Å². The summed E-state index contributed by atoms with van der Waals surface area (Å²) < 4.78 is 12.5. The Hall–Kier alpha value is -0.370. The Morgan fingerprint density at radius 3 is 2.38 bits per heavy atom. The topological polar surface area (TPSA) is 20.2 Å². The summed E-state index contributed by atoms with van der Waals surface area (Å²) in [6.07, 6.45) is 8.08. The van der Waals surface area contributed by atoms with Crippen molar-refractivity contribution < 1.29 is 9.50 Å². The van der Waals surface area contributed by atoms with Crippen LogP contribution in [0, 0.1) is 0 Å². The van der Waals surface area contributed by atoms with Gasteiger partial charge in [-0.3, -0.25) is 0 Å². The Morgan fingerprint density at radius 1 is 1.15 bits per heavy atom. The second-order valence-corrected chi connectivity index (χ2v) is 3.41. The monoisotopic (exact) mass is 188 g/mol. The smallest absolute Gasteiger partial charge is 0.123 e. The third-order valence-corrected chi connectivity index (χ3v) is 2.12. The van der Waals surface area contributed by atoms with Gasteiger partial charge < -0.3 is 5.11 Å². The van der Waals surface area contributed by atoms with E-state index in [1.165, 1.54) is 19.3 Å². The average Bonchev–Trinajstić information content (AvgIpc) is 2.16. The molecule has 0 radical (unpaired) electrons. The number of allylic oxidation sites excluding steroid dienone is 1. The van der Waals surface area contributed by atoms with Gasteiger partial charge in [0, 0.05) is 0 Å². The quantitative estimate of drug-likeness (QED) is 0.435. The van der Waals surface area contributed by atoms with Crippen LogP contribution in [0.3, 0.4) is 0 Å². The van der Waals surface area contributed by atoms with E-state index in [1.807, 2.05) is 6.08 Å². The van der Waals surface area contributed by atoms with Crippen LogP contribution in [0.4, 0.5) is 4.39 Å². The lowest BCUT2D eigenvalue weighted by Gasteiger charge is -2.03. The van der Waals surface area contributed by atoms with E-state index in [0.29, 0.717) is 6.42 Å². The SMILES string of the molecule is C=CCCCCCCC[C@@H](F)CO. The first-order valence-corrected chi connectivity index (χ1v) is 5.17. The Bertz CT molecular complexity index is 115. The summed E-state index contributed by atoms with van der Waals surface area (Å²) in [7, 11) is 0. The first kappa shape index (κ1) is 12.6. The van der Waals surface area contributed by atoms with Crippen LogP contribution in [0.1, 0.15) is 44.9 Å². The minimum absolute atomic E-state index is 0.323. The van der Waals surface area contributed by atoms with Crippen LogP contribution in [0.2, 0.25) is 0 Å². The molecule has 0 heterocycles. The van der Waals surface area contributed by atoms with Gasteiger partial charge in [-0.15, -0.1) is 6.58 Å². The van der Waals surface area contributed by atoms with E-state index < -0.39 is 6.17 Å². The maximum atomic E-state index is 12.5. The summed E-state index contributed by atoms with van der Waals surface area (Å²) in [5.41, 5.74) is 0. The molecular formula is C11H21FO. The van der Waals surface area contributed by atoms with Gasteiger partial charge in [0.05, 0.1) is 6.61 Å². The Labute approximate surface area is 80.7 Å². The predicted octanol–water partition coefficient (Wildman–Crippen LogP) is 3.23. The summed E-state index contributed by atoms with van der Waals surface area (Å²) in [5, 5.41) is 8.42. The summed E-state index contributed by atoms with van der Waals surface area (Å²) in [6, 6.07) is 0. The highest BCUT2D eigenvalue weighted by atomic mass is 19.1. The number of rotatable bonds is 9. The lowest BCUT2D eigenvalue weighted by molar-refractivity contribution is 0.167. The van der Waals surface area contributed by atoms with Crippen LogP contribution < -0.4 is 0 Å². The average molecular weight is 188 g/mol. The molecule has 0 spiro atoms. The minimum atomic E-state index is -1.01. The number of aliphatic hydroxyl groups excluding tert-OH is 1. The molecule has 0 aliphatic carbocycles. The van der Waals surface area contributed by atoms with Crippen molar-refractivity contribution in [2.45, 2.75) is 51.1 Å². The minimum Gasteiger partial charge on any atom is -0.393 e. The van der Waals surface area contributed by atoms with E-state index in [4.69, 9.17) is 5.11 Å². The van der Waals surface area contributed by atoms with Crippen molar-refractivity contribution in [1.29, 1.82) is 0 Å². The molecule has 0 unspecified atom stereocenters. The molecule has 0 bridgehead atoms. The van der Waals surface area contributed by atoms with Crippen molar-refractivity contribution in [2.75, 3.05) is 6.61 Å². The molecule has 0 aromatic carbocycles. The first-order chi connectivity index (χ1) is 6.31. The van der Waals surface area contributed by atoms with Gasteiger partial charge in [-0.1, -0.05) is 31.8 Å². The molecule has 0 rings (SSSR count). The molecule has 1 nitrogen and oxygen atoms in total. The lowest BCUT2D eigenvalue weighted by Crippen LogP contribution is -2.04. The molecule has 0 aliphatic rings. The van der Waals surface area contributed by atoms with Crippen molar-refractivity contribution in [3.8, 4) is 0 Å². The van der Waals surface area contributed by atoms with Crippen LogP contribution in [0.15, 0.2) is 12.7 Å². The van der Waals surface area contributed by atoms with Gasteiger partial charge in [0.25, 0.3) is 0 Å². The fraction of sp³-hybridized carbons (Fsp3) is 0.818. The van der Waals surface area contributed by atoms with E-state index in [0.717, 1.165) is 19.3 Å². The Morgan fingerprint density at radius 2 is 1.77 bits per heavy atom. The third-order valence-electron chi connectivity index (χ3n) is 2.12. The van der Waals surface area contributed by atoms with Crippen LogP contribution in [0.5, 0.6) is 0 Å². The molecule has 0 aromatic heterocycles. The van der Waals surface area contributed by atoms with E-state index in [1.54, 1.807) is 0 Å². The fourth-order valence-electron chi connectivity index (χ4n) is 1.28. The van der Waals surface area contributed by atoms with E-state index in [2.05, 4.69) is 6.58 Å². The lowest BCUT2D eigenvalue weighted by atomic mass is 10.1. The standard InChI is InChI=1S/C11H21FO/c1-2-3-4-5-6-7-8-9-11(12)10-13/h2,11,13H,1,3-10H2/t11-/m1/s1. The van der Waals surface area contributed by atoms with Crippen molar-refractivity contribution in [2.24, 2.45) is 0 Å². The maximum Gasteiger partial charge on any atom is 0.123 e. The van der Waals surface area contributed by atoms with Crippen LogP contribution in [-0.2, 0) is 0 Å². The third kappa shape index (κ3) is 9.54. The second kappa shape index (κ2) is 9.72. The van der Waals surface area contributed by atoms with Gasteiger partial charge in [-0.2, -0.15) is 0 Å². The zero-order chi connectivity index (χ0) is 9.94. The second-order valence-electron chi connectivity index (χ2n) is 3.41. The molecule has 13 heavy (non-hydrogen) atoms. The number of halogens is 1. The maximum absolute atomic E-state index is 12.5. The van der Waals surface area contributed by atoms with Gasteiger partial charge in [0.1, 0.15) is 6.17 Å². The highest BCUT2D eigenvalue weighted by Gasteiger charge is 2.02. The van der Waals surface area contributed by atoms with Crippen molar-refractivity contribution in [3.63, 3.8) is 0 Å². The first-order valence-electron chi connectivity index (χ1n) is 5.17. The van der Waals surface area contributed by atoms with Gasteiger partial charge in [-0.05, 0) is 19.3 Å². The molecule has 0 amide bonds. The zero-order valence-electron chi connectivity index (χ0n) is 8.34. The number of hydrogen-bond donors (Lipinski definition) is 1. The number of unbranched alkanes of at least 4 members (excludes halogenated alkanes) is 5. The Balaban J connectivity index is 2.95. The molecule has 1 N–H and O–H groups in total. The van der Waals surface area contributed by atoms with Gasteiger partial charge in [0.15, 0.2) is 0 Å². The molecule has 0 saturated heterocycles. The molecule has 2 heteroatoms. The highest BCUT2D eigenvalue weighted by molar-refractivity contribution is 4.65. The normalized spacial score (nSPS) is 12.8.